The number of rotatable bonds is 0. The molecule has 0 atom stereocenters. The standard InChI is InChI=1S/2Ca.2H4O4Si.O4Si/c;;3*1-5(2,3)4/h;;2*1-4H;/q2*+2;;;-4. The second-order valence-corrected chi connectivity index (χ2v) is 5.10. The molecule has 12 nitrogen and oxygen atoms in total. The molecule has 0 aliphatic heterocycles. The first-order valence-electron chi connectivity index (χ1n) is 2.61. The minimum absolute atomic E-state index is 0. The Bertz CT molecular complexity index is 94.8. The Hall–Kier alpha value is 2.69. The molecular weight excluding hydrogens is 356 g/mol. The normalized spacial score (nSPS) is 10.6. The van der Waals surface area contributed by atoms with E-state index in [4.69, 9.17) is 57.5 Å². The van der Waals surface area contributed by atoms with Gasteiger partial charge in [-0.05, 0) is 0 Å². The van der Waals surface area contributed by atoms with Crippen molar-refractivity contribution >= 4 is 103 Å². The van der Waals surface area contributed by atoms with E-state index in [1.807, 2.05) is 0 Å². The van der Waals surface area contributed by atoms with E-state index in [1.165, 1.54) is 0 Å². The van der Waals surface area contributed by atoms with Gasteiger partial charge in [0, 0.05) is 0 Å². The summed E-state index contributed by atoms with van der Waals surface area (Å²) in [5, 5.41) is 0. The molecule has 8 N–H and O–H groups in total. The van der Waals surface area contributed by atoms with Crippen LogP contribution in [0.2, 0.25) is 0 Å². The molecule has 0 aromatic carbocycles. The quantitative estimate of drug-likeness (QED) is 0.186. The third-order valence-corrected chi connectivity index (χ3v) is 0. The van der Waals surface area contributed by atoms with E-state index in [2.05, 4.69) is 0 Å². The average molecular weight is 364 g/mol. The van der Waals surface area contributed by atoms with Crippen LogP contribution in [0.3, 0.4) is 0 Å². The summed E-state index contributed by atoms with van der Waals surface area (Å²) < 4.78 is 0. The van der Waals surface area contributed by atoms with E-state index in [9.17, 15) is 0 Å². The molecule has 0 aliphatic carbocycles. The topological polar surface area (TPSA) is 254 Å². The summed E-state index contributed by atoms with van der Waals surface area (Å²) >= 11 is 0. The van der Waals surface area contributed by atoms with Crippen molar-refractivity contribution in [2.24, 2.45) is 0 Å². The molecule has 0 aromatic rings. The molecule has 0 unspecified atom stereocenters. The minimum atomic E-state index is -5.61. The van der Waals surface area contributed by atoms with Gasteiger partial charge in [0.15, 0.2) is 0 Å². The fraction of sp³-hybridized carbons (Fsp3) is 0. The molecule has 0 saturated carbocycles. The van der Waals surface area contributed by atoms with Crippen molar-refractivity contribution in [3.63, 3.8) is 0 Å². The number of hydrogen-bond acceptors (Lipinski definition) is 12. The van der Waals surface area contributed by atoms with Crippen LogP contribution in [-0.2, 0) is 0 Å². The SMILES string of the molecule is O[Si](O)(O)O.O[Si](O)(O)O.[Ca+2].[Ca+2].[O-][Si]([O-])([O-])[O-]. The first-order chi connectivity index (χ1) is 6.00. The van der Waals surface area contributed by atoms with E-state index in [0.717, 1.165) is 0 Å². The Balaban J connectivity index is -0.0000000400. The smallest absolute Gasteiger partial charge is 0.894 e. The molecule has 0 bridgehead atoms. The molecule has 0 saturated heterocycles. The van der Waals surface area contributed by atoms with Crippen molar-refractivity contribution in [3.05, 3.63) is 0 Å². The third-order valence-electron chi connectivity index (χ3n) is 0. The van der Waals surface area contributed by atoms with Crippen LogP contribution in [0.25, 0.3) is 0 Å². The van der Waals surface area contributed by atoms with Crippen LogP contribution in [-0.4, -0.2) is 141 Å². The molecule has 0 rings (SSSR count). The third kappa shape index (κ3) is 719. The average Bonchev–Trinajstić information content (AvgIpc) is 1.41. The van der Waals surface area contributed by atoms with Crippen LogP contribution in [0.1, 0.15) is 0 Å². The predicted octanol–water partition coefficient (Wildman–Crippen LogP) is -11.1. The van der Waals surface area contributed by atoms with Gasteiger partial charge in [0.1, 0.15) is 0 Å². The maximum absolute atomic E-state index is 8.58. The van der Waals surface area contributed by atoms with Crippen LogP contribution in [0.15, 0.2) is 0 Å². The fourth-order valence-corrected chi connectivity index (χ4v) is 0. The molecule has 0 aromatic heterocycles. The molecular formula is H8Ca2O12Si3. The summed E-state index contributed by atoms with van der Waals surface area (Å²) in [6.07, 6.45) is 0. The molecule has 0 amide bonds. The van der Waals surface area contributed by atoms with E-state index in [1.54, 1.807) is 0 Å². The van der Waals surface area contributed by atoms with E-state index in [-0.39, 0.29) is 75.5 Å². The molecule has 0 heterocycles. The Morgan fingerprint density at radius 3 is 0.471 bits per heavy atom. The van der Waals surface area contributed by atoms with Crippen molar-refractivity contribution in [2.75, 3.05) is 0 Å². The first-order valence-corrected chi connectivity index (χ1v) is 7.82. The second-order valence-electron chi connectivity index (χ2n) is 1.70. The van der Waals surface area contributed by atoms with Crippen molar-refractivity contribution in [2.45, 2.75) is 0 Å². The summed E-state index contributed by atoms with van der Waals surface area (Å²) in [5.74, 6) is 0. The van der Waals surface area contributed by atoms with E-state index in [0.29, 0.717) is 0 Å². The van der Waals surface area contributed by atoms with Crippen LogP contribution in [0.5, 0.6) is 0 Å². The zero-order valence-electron chi connectivity index (χ0n) is 8.12. The van der Waals surface area contributed by atoms with E-state index >= 15 is 0 Å². The van der Waals surface area contributed by atoms with Crippen LogP contribution in [0, 0.1) is 0 Å². The summed E-state index contributed by atoms with van der Waals surface area (Å²) in [7, 11) is -14.8. The molecule has 0 spiro atoms. The Kier molecular flexibility index (Phi) is 25.6. The molecule has 0 fully saturated rings. The summed E-state index contributed by atoms with van der Waals surface area (Å²) in [6, 6.07) is 0. The van der Waals surface area contributed by atoms with Gasteiger partial charge in [-0.3, -0.25) is 0 Å². The van der Waals surface area contributed by atoms with Gasteiger partial charge in [-0.2, -0.15) is 0 Å². The monoisotopic (exact) mass is 364 g/mol. The van der Waals surface area contributed by atoms with Gasteiger partial charge >= 0.3 is 93.6 Å². The van der Waals surface area contributed by atoms with Gasteiger partial charge in [-0.1, -0.05) is 0 Å². The van der Waals surface area contributed by atoms with Crippen molar-refractivity contribution in [1.82, 2.24) is 0 Å². The predicted molar refractivity (Wildman–Crippen MR) is 46.5 cm³/mol. The Labute approximate surface area is 158 Å². The summed E-state index contributed by atoms with van der Waals surface area (Å²) in [5.41, 5.74) is 0. The van der Waals surface area contributed by atoms with Gasteiger partial charge in [0.05, 0.1) is 0 Å². The zero-order valence-corrected chi connectivity index (χ0v) is 15.5. The van der Waals surface area contributed by atoms with Crippen LogP contribution >= 0.6 is 0 Å². The molecule has 0 aliphatic rings. The van der Waals surface area contributed by atoms with E-state index < -0.39 is 27.1 Å². The Morgan fingerprint density at radius 2 is 0.471 bits per heavy atom. The fourth-order valence-electron chi connectivity index (χ4n) is 0. The van der Waals surface area contributed by atoms with Crippen LogP contribution < -0.4 is 19.2 Å². The zero-order chi connectivity index (χ0) is 13.5. The molecule has 17 heavy (non-hydrogen) atoms. The largest absolute Gasteiger partial charge is 2.00 e. The van der Waals surface area contributed by atoms with Gasteiger partial charge in [-0.15, -0.1) is 0 Å². The maximum Gasteiger partial charge on any atom is 2.00 e. The molecule has 17 heteroatoms. The van der Waals surface area contributed by atoms with Gasteiger partial charge < -0.3 is 66.6 Å². The van der Waals surface area contributed by atoms with Crippen molar-refractivity contribution in [1.29, 1.82) is 0 Å². The van der Waals surface area contributed by atoms with Gasteiger partial charge in [-0.25, -0.2) is 0 Å². The Morgan fingerprint density at radius 1 is 0.471 bits per heavy atom. The van der Waals surface area contributed by atoms with Crippen molar-refractivity contribution < 1.29 is 57.5 Å². The van der Waals surface area contributed by atoms with Gasteiger partial charge in [0.2, 0.25) is 0 Å². The number of hydrogen-bond donors (Lipinski definition) is 8. The van der Waals surface area contributed by atoms with Gasteiger partial charge in [0.25, 0.3) is 0 Å². The second kappa shape index (κ2) is 13.7. The van der Waals surface area contributed by atoms with Crippen molar-refractivity contribution in [3.8, 4) is 0 Å². The van der Waals surface area contributed by atoms with Crippen LogP contribution in [0.4, 0.5) is 0 Å². The molecule has 96 valence electrons. The first kappa shape index (κ1) is 31.9. The maximum atomic E-state index is 8.58. The summed E-state index contributed by atoms with van der Waals surface area (Å²) in [6.45, 7) is 0. The molecule has 0 radical (unpaired) electrons. The minimum Gasteiger partial charge on any atom is -0.894 e. The summed E-state index contributed by atoms with van der Waals surface area (Å²) in [4.78, 5) is 92.9.